The van der Waals surface area contributed by atoms with Gasteiger partial charge >= 0.3 is 0 Å². The van der Waals surface area contributed by atoms with Crippen LogP contribution in [0.3, 0.4) is 0 Å². The molecule has 1 heterocycles. The first-order valence-electron chi connectivity index (χ1n) is 7.51. The molecule has 0 aliphatic carbocycles. The average Bonchev–Trinajstić information content (AvgIpc) is 2.70. The van der Waals surface area contributed by atoms with E-state index in [1.54, 1.807) is 0 Å². The van der Waals surface area contributed by atoms with Crippen molar-refractivity contribution in [2.75, 3.05) is 30.5 Å². The number of hydrogen-bond acceptors (Lipinski definition) is 4. The lowest BCUT2D eigenvalue weighted by Gasteiger charge is -2.29. The van der Waals surface area contributed by atoms with Gasteiger partial charge in [-0.2, -0.15) is 16.9 Å². The predicted octanol–water partition coefficient (Wildman–Crippen LogP) is 2.81. The van der Waals surface area contributed by atoms with Gasteiger partial charge in [0.25, 0.3) is 0 Å². The van der Waals surface area contributed by atoms with Gasteiger partial charge in [0.2, 0.25) is 0 Å². The number of nitrogens with zero attached hydrogens (tertiary/aromatic N) is 3. The van der Waals surface area contributed by atoms with Crippen molar-refractivity contribution in [2.24, 2.45) is 7.05 Å². The minimum atomic E-state index is 0.560. The SMILES string of the molecule is CCCNCc1c(C)nn(C)c1N(C)C(CC)CSC. The van der Waals surface area contributed by atoms with E-state index >= 15 is 0 Å². The van der Waals surface area contributed by atoms with Gasteiger partial charge in [0.05, 0.1) is 5.69 Å². The lowest BCUT2D eigenvalue weighted by molar-refractivity contribution is 0.627. The van der Waals surface area contributed by atoms with Crippen LogP contribution in [0.1, 0.15) is 37.9 Å². The molecule has 0 amide bonds. The summed E-state index contributed by atoms with van der Waals surface area (Å²) in [7, 11) is 4.25. The third kappa shape index (κ3) is 4.16. The molecule has 20 heavy (non-hydrogen) atoms. The zero-order chi connectivity index (χ0) is 15.1. The lowest BCUT2D eigenvalue weighted by atomic mass is 10.2. The fourth-order valence-electron chi connectivity index (χ4n) is 2.60. The molecule has 0 aliphatic rings. The summed E-state index contributed by atoms with van der Waals surface area (Å²) in [6, 6.07) is 0.560. The van der Waals surface area contributed by atoms with Crippen molar-refractivity contribution in [2.45, 2.75) is 46.2 Å². The zero-order valence-electron chi connectivity index (χ0n) is 13.9. The van der Waals surface area contributed by atoms with E-state index in [-0.39, 0.29) is 0 Å². The monoisotopic (exact) mass is 298 g/mol. The largest absolute Gasteiger partial charge is 0.356 e. The first kappa shape index (κ1) is 17.4. The Morgan fingerprint density at radius 2 is 2.10 bits per heavy atom. The van der Waals surface area contributed by atoms with E-state index in [1.807, 2.05) is 23.5 Å². The van der Waals surface area contributed by atoms with Crippen LogP contribution in [0.5, 0.6) is 0 Å². The summed E-state index contributed by atoms with van der Waals surface area (Å²) >= 11 is 1.91. The molecule has 0 bridgehead atoms. The summed E-state index contributed by atoms with van der Waals surface area (Å²) in [5, 5.41) is 8.12. The Labute approximate surface area is 128 Å². The topological polar surface area (TPSA) is 33.1 Å². The number of hydrogen-bond donors (Lipinski definition) is 1. The summed E-state index contributed by atoms with van der Waals surface area (Å²) in [4.78, 5) is 2.40. The van der Waals surface area contributed by atoms with E-state index < -0.39 is 0 Å². The molecule has 0 aromatic carbocycles. The van der Waals surface area contributed by atoms with E-state index in [2.05, 4.69) is 49.4 Å². The molecule has 1 unspecified atom stereocenters. The van der Waals surface area contributed by atoms with Gasteiger partial charge < -0.3 is 10.2 Å². The quantitative estimate of drug-likeness (QED) is 0.711. The predicted molar refractivity (Wildman–Crippen MR) is 90.8 cm³/mol. The second-order valence-corrected chi connectivity index (χ2v) is 6.23. The van der Waals surface area contributed by atoms with Crippen LogP contribution >= 0.6 is 11.8 Å². The van der Waals surface area contributed by atoms with Crippen LogP contribution in [0.25, 0.3) is 0 Å². The highest BCUT2D eigenvalue weighted by atomic mass is 32.2. The van der Waals surface area contributed by atoms with Crippen LogP contribution in [0.2, 0.25) is 0 Å². The molecule has 116 valence electrons. The van der Waals surface area contributed by atoms with E-state index in [0.29, 0.717) is 6.04 Å². The van der Waals surface area contributed by atoms with Crippen molar-refractivity contribution in [3.8, 4) is 0 Å². The maximum atomic E-state index is 4.62. The van der Waals surface area contributed by atoms with Crippen LogP contribution in [0.15, 0.2) is 0 Å². The number of aryl methyl sites for hydroxylation is 2. The van der Waals surface area contributed by atoms with E-state index in [1.165, 1.54) is 11.4 Å². The molecule has 0 fully saturated rings. The van der Waals surface area contributed by atoms with Gasteiger partial charge in [-0.1, -0.05) is 13.8 Å². The van der Waals surface area contributed by atoms with Crippen LogP contribution in [-0.2, 0) is 13.6 Å². The molecule has 0 radical (unpaired) electrons. The van der Waals surface area contributed by atoms with Crippen molar-refractivity contribution in [1.29, 1.82) is 0 Å². The van der Waals surface area contributed by atoms with Crippen molar-refractivity contribution < 1.29 is 0 Å². The summed E-state index contributed by atoms with van der Waals surface area (Å²) in [5.41, 5.74) is 2.47. The smallest absolute Gasteiger partial charge is 0.131 e. The van der Waals surface area contributed by atoms with E-state index in [0.717, 1.165) is 37.4 Å². The average molecular weight is 298 g/mol. The molecule has 5 heteroatoms. The first-order valence-corrected chi connectivity index (χ1v) is 8.91. The van der Waals surface area contributed by atoms with Gasteiger partial charge in [-0.3, -0.25) is 4.68 Å². The van der Waals surface area contributed by atoms with Crippen molar-refractivity contribution >= 4 is 17.6 Å². The van der Waals surface area contributed by atoms with Gasteiger partial charge in [-0.05, 0) is 32.6 Å². The van der Waals surface area contributed by atoms with E-state index in [9.17, 15) is 0 Å². The third-order valence-electron chi connectivity index (χ3n) is 3.75. The number of nitrogens with one attached hydrogen (secondary N) is 1. The molecule has 1 rings (SSSR count). The Bertz CT molecular complexity index is 403. The highest BCUT2D eigenvalue weighted by Gasteiger charge is 2.21. The molecule has 0 spiro atoms. The minimum Gasteiger partial charge on any atom is -0.356 e. The van der Waals surface area contributed by atoms with Crippen LogP contribution in [0.4, 0.5) is 5.82 Å². The summed E-state index contributed by atoms with van der Waals surface area (Å²) in [6.07, 6.45) is 4.49. The van der Waals surface area contributed by atoms with Crippen LogP contribution < -0.4 is 10.2 Å². The van der Waals surface area contributed by atoms with Crippen LogP contribution in [-0.4, -0.2) is 41.4 Å². The molecule has 1 aromatic rings. The number of rotatable bonds is 9. The fraction of sp³-hybridized carbons (Fsp3) is 0.800. The Morgan fingerprint density at radius 3 is 2.65 bits per heavy atom. The van der Waals surface area contributed by atoms with Crippen molar-refractivity contribution in [1.82, 2.24) is 15.1 Å². The summed E-state index contributed by atoms with van der Waals surface area (Å²) in [5.74, 6) is 2.41. The Hall–Kier alpha value is -0.680. The molecular formula is C15H30N4S. The number of anilines is 1. The molecule has 0 aliphatic heterocycles. The maximum absolute atomic E-state index is 4.62. The Morgan fingerprint density at radius 1 is 1.40 bits per heavy atom. The first-order chi connectivity index (χ1) is 9.56. The van der Waals surface area contributed by atoms with Crippen molar-refractivity contribution in [3.63, 3.8) is 0 Å². The van der Waals surface area contributed by atoms with Gasteiger partial charge in [-0.15, -0.1) is 0 Å². The molecule has 1 N–H and O–H groups in total. The second-order valence-electron chi connectivity index (χ2n) is 5.32. The van der Waals surface area contributed by atoms with Crippen molar-refractivity contribution in [3.05, 3.63) is 11.3 Å². The summed E-state index contributed by atoms with van der Waals surface area (Å²) in [6.45, 7) is 8.52. The highest BCUT2D eigenvalue weighted by molar-refractivity contribution is 7.98. The standard InChI is InChI=1S/C15H30N4S/c1-7-9-16-10-14-12(3)17-19(5)15(14)18(4)13(8-2)11-20-6/h13,16H,7-11H2,1-6H3. The molecule has 1 aromatic heterocycles. The molecule has 0 saturated carbocycles. The van der Waals surface area contributed by atoms with Gasteiger partial charge in [0, 0.05) is 38.0 Å². The molecule has 1 atom stereocenters. The zero-order valence-corrected chi connectivity index (χ0v) is 14.7. The number of aromatic nitrogens is 2. The van der Waals surface area contributed by atoms with Crippen LogP contribution in [0, 0.1) is 6.92 Å². The third-order valence-corrected chi connectivity index (χ3v) is 4.47. The normalized spacial score (nSPS) is 12.7. The number of thioether (sulfide) groups is 1. The molecule has 4 nitrogen and oxygen atoms in total. The second kappa shape index (κ2) is 8.57. The summed E-state index contributed by atoms with van der Waals surface area (Å²) < 4.78 is 2.03. The van der Waals surface area contributed by atoms with Gasteiger partial charge in [0.1, 0.15) is 5.82 Å². The lowest BCUT2D eigenvalue weighted by Crippen LogP contribution is -2.35. The van der Waals surface area contributed by atoms with Gasteiger partial charge in [-0.25, -0.2) is 0 Å². The Kier molecular flexibility index (Phi) is 7.45. The minimum absolute atomic E-state index is 0.560. The molecule has 0 saturated heterocycles. The van der Waals surface area contributed by atoms with E-state index in [4.69, 9.17) is 0 Å². The molecular weight excluding hydrogens is 268 g/mol. The van der Waals surface area contributed by atoms with Gasteiger partial charge in [0.15, 0.2) is 0 Å². The maximum Gasteiger partial charge on any atom is 0.131 e. The highest BCUT2D eigenvalue weighted by Crippen LogP contribution is 2.25. The fourth-order valence-corrected chi connectivity index (χ4v) is 3.44. The Balaban J connectivity index is 2.96.